The summed E-state index contributed by atoms with van der Waals surface area (Å²) < 4.78 is 0. The van der Waals surface area contributed by atoms with Crippen LogP contribution in [0.1, 0.15) is 0 Å². The summed E-state index contributed by atoms with van der Waals surface area (Å²) in [6, 6.07) is 7.09. The van der Waals surface area contributed by atoms with Gasteiger partial charge in [0.25, 0.3) is 0 Å². The molecule has 0 aliphatic carbocycles. The highest BCUT2D eigenvalue weighted by molar-refractivity contribution is 7.13. The van der Waals surface area contributed by atoms with E-state index in [1.54, 1.807) is 35.2 Å². The smallest absolute Gasteiger partial charge is 0.423 e. The maximum atomic E-state index is 8.89. The summed E-state index contributed by atoms with van der Waals surface area (Å²) in [5.41, 5.74) is 3.31. The van der Waals surface area contributed by atoms with Crippen LogP contribution in [-0.4, -0.2) is 22.2 Å². The lowest BCUT2D eigenvalue weighted by molar-refractivity contribution is 0.426. The summed E-state index contributed by atoms with van der Waals surface area (Å²) in [4.78, 5) is 5.05. The Kier molecular flexibility index (Phi) is 2.63. The van der Waals surface area contributed by atoms with Crippen molar-refractivity contribution in [1.82, 2.24) is 4.98 Å². The van der Waals surface area contributed by atoms with Crippen LogP contribution in [0.4, 0.5) is 0 Å². The second kappa shape index (κ2) is 3.92. The Morgan fingerprint density at radius 1 is 1.14 bits per heavy atom. The van der Waals surface area contributed by atoms with Crippen LogP contribution in [-0.2, 0) is 0 Å². The molecule has 0 bridgehead atoms. The second-order valence-corrected chi connectivity index (χ2v) is 3.75. The lowest BCUT2D eigenvalue weighted by Gasteiger charge is -2.00. The third kappa shape index (κ3) is 1.84. The Morgan fingerprint density at radius 3 is 2.36 bits per heavy atom. The molecule has 70 valence electrons. The predicted octanol–water partition coefficient (Wildman–Crippen LogP) is 0.490. The summed E-state index contributed by atoms with van der Waals surface area (Å²) in [6.45, 7) is 0. The van der Waals surface area contributed by atoms with E-state index < -0.39 is 7.12 Å². The van der Waals surface area contributed by atoms with Crippen LogP contribution < -0.4 is 5.46 Å². The molecule has 5 heteroatoms. The van der Waals surface area contributed by atoms with Crippen molar-refractivity contribution >= 4 is 23.9 Å². The van der Waals surface area contributed by atoms with E-state index in [1.807, 2.05) is 12.1 Å². The second-order valence-electron chi connectivity index (χ2n) is 2.86. The first-order valence-electron chi connectivity index (χ1n) is 4.12. The number of benzene rings is 1. The molecule has 1 aromatic carbocycles. The molecule has 0 amide bonds. The fourth-order valence-corrected chi connectivity index (χ4v) is 1.81. The summed E-state index contributed by atoms with van der Waals surface area (Å²) in [5, 5.41) is 17.8. The third-order valence-electron chi connectivity index (χ3n) is 1.93. The Bertz CT molecular complexity index is 399. The number of rotatable bonds is 2. The van der Waals surface area contributed by atoms with Gasteiger partial charge in [0.15, 0.2) is 0 Å². The molecule has 0 saturated carbocycles. The standard InChI is InChI=1S/C9H8BNO2S/c12-10(13)8-3-1-7(2-4-8)9-5-11-6-14-9/h1-6,12-13H. The van der Waals surface area contributed by atoms with Gasteiger partial charge in [0.1, 0.15) is 0 Å². The van der Waals surface area contributed by atoms with E-state index in [1.165, 1.54) is 0 Å². The van der Waals surface area contributed by atoms with Crippen LogP contribution >= 0.6 is 11.3 Å². The molecule has 14 heavy (non-hydrogen) atoms. The van der Waals surface area contributed by atoms with E-state index >= 15 is 0 Å². The van der Waals surface area contributed by atoms with Crippen LogP contribution in [0, 0.1) is 0 Å². The SMILES string of the molecule is OB(O)c1ccc(-c2cncs2)cc1. The van der Waals surface area contributed by atoms with Crippen molar-refractivity contribution in [2.24, 2.45) is 0 Å². The van der Waals surface area contributed by atoms with Crippen LogP contribution in [0.5, 0.6) is 0 Å². The van der Waals surface area contributed by atoms with E-state index in [-0.39, 0.29) is 0 Å². The highest BCUT2D eigenvalue weighted by Crippen LogP contribution is 2.21. The van der Waals surface area contributed by atoms with Gasteiger partial charge in [0.2, 0.25) is 0 Å². The first kappa shape index (κ1) is 9.39. The maximum Gasteiger partial charge on any atom is 0.488 e. The van der Waals surface area contributed by atoms with Gasteiger partial charge < -0.3 is 10.0 Å². The molecular weight excluding hydrogens is 197 g/mol. The van der Waals surface area contributed by atoms with Crippen LogP contribution in [0.25, 0.3) is 10.4 Å². The molecule has 0 atom stereocenters. The highest BCUT2D eigenvalue weighted by atomic mass is 32.1. The molecule has 0 unspecified atom stereocenters. The van der Waals surface area contributed by atoms with Crippen molar-refractivity contribution in [2.75, 3.05) is 0 Å². The summed E-state index contributed by atoms with van der Waals surface area (Å²) in [7, 11) is -1.40. The molecule has 1 heterocycles. The van der Waals surface area contributed by atoms with E-state index in [4.69, 9.17) is 10.0 Å². The molecule has 1 aromatic heterocycles. The lowest BCUT2D eigenvalue weighted by atomic mass is 9.80. The Labute approximate surface area is 85.8 Å². The van der Waals surface area contributed by atoms with Gasteiger partial charge in [-0.3, -0.25) is 4.98 Å². The summed E-state index contributed by atoms with van der Waals surface area (Å²) >= 11 is 1.55. The van der Waals surface area contributed by atoms with Crippen molar-refractivity contribution in [3.63, 3.8) is 0 Å². The van der Waals surface area contributed by atoms with Crippen molar-refractivity contribution < 1.29 is 10.0 Å². The van der Waals surface area contributed by atoms with Gasteiger partial charge in [-0.25, -0.2) is 0 Å². The van der Waals surface area contributed by atoms with Crippen LogP contribution in [0.3, 0.4) is 0 Å². The predicted molar refractivity (Wildman–Crippen MR) is 57.4 cm³/mol. The van der Waals surface area contributed by atoms with Gasteiger partial charge in [-0.2, -0.15) is 0 Å². The van der Waals surface area contributed by atoms with Gasteiger partial charge in [-0.05, 0) is 11.0 Å². The average Bonchev–Trinajstić information content (AvgIpc) is 2.71. The van der Waals surface area contributed by atoms with Crippen molar-refractivity contribution in [3.8, 4) is 10.4 Å². The first-order valence-corrected chi connectivity index (χ1v) is 5.00. The summed E-state index contributed by atoms with van der Waals surface area (Å²) in [5.74, 6) is 0. The molecule has 0 aliphatic rings. The molecule has 2 N–H and O–H groups in total. The van der Waals surface area contributed by atoms with Crippen LogP contribution in [0.15, 0.2) is 36.0 Å². The van der Waals surface area contributed by atoms with E-state index in [0.717, 1.165) is 10.4 Å². The third-order valence-corrected chi connectivity index (χ3v) is 2.75. The zero-order chi connectivity index (χ0) is 9.97. The van der Waals surface area contributed by atoms with Crippen LogP contribution in [0.2, 0.25) is 0 Å². The molecule has 2 aromatic rings. The van der Waals surface area contributed by atoms with Crippen molar-refractivity contribution in [1.29, 1.82) is 0 Å². The largest absolute Gasteiger partial charge is 0.488 e. The molecular formula is C9H8BNO2S. The molecule has 0 saturated heterocycles. The average molecular weight is 205 g/mol. The number of nitrogens with zero attached hydrogens (tertiary/aromatic N) is 1. The minimum atomic E-state index is -1.40. The number of aromatic nitrogens is 1. The quantitative estimate of drug-likeness (QED) is 0.701. The van der Waals surface area contributed by atoms with Gasteiger partial charge in [-0.15, -0.1) is 11.3 Å². The van der Waals surface area contributed by atoms with E-state index in [2.05, 4.69) is 4.98 Å². The zero-order valence-electron chi connectivity index (χ0n) is 7.29. The molecule has 0 spiro atoms. The Balaban J connectivity index is 2.31. The maximum absolute atomic E-state index is 8.89. The zero-order valence-corrected chi connectivity index (χ0v) is 8.11. The molecule has 0 radical (unpaired) electrons. The number of hydrogen-bond donors (Lipinski definition) is 2. The fraction of sp³-hybridized carbons (Fsp3) is 0. The number of thiazole rings is 1. The Morgan fingerprint density at radius 2 is 1.86 bits per heavy atom. The number of hydrogen-bond acceptors (Lipinski definition) is 4. The van der Waals surface area contributed by atoms with Gasteiger partial charge in [0.05, 0.1) is 10.4 Å². The molecule has 2 rings (SSSR count). The topological polar surface area (TPSA) is 53.4 Å². The summed E-state index contributed by atoms with van der Waals surface area (Å²) in [6.07, 6.45) is 1.79. The lowest BCUT2D eigenvalue weighted by Crippen LogP contribution is -2.29. The molecule has 0 aliphatic heterocycles. The van der Waals surface area contributed by atoms with Gasteiger partial charge in [-0.1, -0.05) is 24.3 Å². The van der Waals surface area contributed by atoms with Gasteiger partial charge in [0, 0.05) is 6.20 Å². The first-order chi connectivity index (χ1) is 6.77. The van der Waals surface area contributed by atoms with E-state index in [9.17, 15) is 0 Å². The van der Waals surface area contributed by atoms with Gasteiger partial charge >= 0.3 is 7.12 Å². The van der Waals surface area contributed by atoms with E-state index in [0.29, 0.717) is 5.46 Å². The monoisotopic (exact) mass is 205 g/mol. The molecule has 0 fully saturated rings. The minimum Gasteiger partial charge on any atom is -0.423 e. The normalized spacial score (nSPS) is 10.1. The van der Waals surface area contributed by atoms with Crippen molar-refractivity contribution in [3.05, 3.63) is 36.0 Å². The Hall–Kier alpha value is -1.17. The highest BCUT2D eigenvalue weighted by Gasteiger charge is 2.10. The fourth-order valence-electron chi connectivity index (χ4n) is 1.18. The molecule has 3 nitrogen and oxygen atoms in total. The van der Waals surface area contributed by atoms with Crippen molar-refractivity contribution in [2.45, 2.75) is 0 Å². The minimum absolute atomic E-state index is 0.498.